The van der Waals surface area contributed by atoms with Crippen molar-refractivity contribution in [2.75, 3.05) is 18.0 Å². The van der Waals surface area contributed by atoms with Gasteiger partial charge < -0.3 is 9.88 Å². The zero-order valence-corrected chi connectivity index (χ0v) is 11.0. The van der Waals surface area contributed by atoms with E-state index >= 15 is 0 Å². The van der Waals surface area contributed by atoms with Crippen molar-refractivity contribution in [1.29, 1.82) is 0 Å². The van der Waals surface area contributed by atoms with E-state index in [4.69, 9.17) is 0 Å². The summed E-state index contributed by atoms with van der Waals surface area (Å²) < 4.78 is 0. The average Bonchev–Trinajstić information content (AvgIpc) is 3.18. The van der Waals surface area contributed by atoms with Gasteiger partial charge in [0.15, 0.2) is 0 Å². The Balaban J connectivity index is 1.66. The maximum Gasteiger partial charge on any atom is 0.142 e. The molecule has 4 heterocycles. The molecule has 0 radical (unpaired) electrons. The number of fused-ring (bicyclic) bond motifs is 1. The topological polar surface area (TPSA) is 86.4 Å². The second-order valence-corrected chi connectivity index (χ2v) is 5.09. The van der Waals surface area contributed by atoms with Crippen LogP contribution >= 0.6 is 0 Å². The van der Waals surface area contributed by atoms with E-state index in [-0.39, 0.29) is 0 Å². The van der Waals surface area contributed by atoms with Crippen LogP contribution in [0.4, 0.5) is 5.82 Å². The first-order chi connectivity index (χ1) is 9.92. The Morgan fingerprint density at radius 2 is 2.20 bits per heavy atom. The minimum Gasteiger partial charge on any atom is -0.355 e. The van der Waals surface area contributed by atoms with Gasteiger partial charge in [0, 0.05) is 25.2 Å². The summed E-state index contributed by atoms with van der Waals surface area (Å²) in [5, 5.41) is 8.01. The van der Waals surface area contributed by atoms with Crippen molar-refractivity contribution in [2.24, 2.45) is 0 Å². The highest BCUT2D eigenvalue weighted by Gasteiger charge is 2.25. The van der Waals surface area contributed by atoms with Crippen LogP contribution in [0.5, 0.6) is 0 Å². The van der Waals surface area contributed by atoms with Crippen LogP contribution in [0.2, 0.25) is 0 Å². The number of nitrogens with zero attached hydrogens (tertiary/aromatic N) is 5. The normalized spacial score (nSPS) is 19.6. The van der Waals surface area contributed by atoms with Crippen LogP contribution in [0.25, 0.3) is 11.0 Å². The molecule has 1 aliphatic rings. The van der Waals surface area contributed by atoms with Crippen LogP contribution < -0.4 is 4.90 Å². The van der Waals surface area contributed by atoms with Crippen LogP contribution in [0.3, 0.4) is 0 Å². The molecular weight excluding hydrogens is 254 g/mol. The van der Waals surface area contributed by atoms with Gasteiger partial charge in [0.2, 0.25) is 0 Å². The zero-order chi connectivity index (χ0) is 13.4. The third kappa shape index (κ3) is 1.82. The molecule has 1 aliphatic heterocycles. The van der Waals surface area contributed by atoms with Crippen molar-refractivity contribution in [1.82, 2.24) is 30.1 Å². The summed E-state index contributed by atoms with van der Waals surface area (Å²) in [4.78, 5) is 18.4. The molecule has 1 fully saturated rings. The molecule has 3 aromatic rings. The van der Waals surface area contributed by atoms with Crippen LogP contribution in [-0.2, 0) is 0 Å². The lowest BCUT2D eigenvalue weighted by molar-refractivity contribution is 0.490. The van der Waals surface area contributed by atoms with Gasteiger partial charge in [0.1, 0.15) is 29.9 Å². The monoisotopic (exact) mass is 269 g/mol. The molecular formula is C13H15N7. The predicted octanol–water partition coefficient (Wildman–Crippen LogP) is 1.46. The number of hydrogen-bond donors (Lipinski definition) is 2. The molecule has 0 aromatic carbocycles. The Morgan fingerprint density at radius 1 is 1.20 bits per heavy atom. The average molecular weight is 269 g/mol. The Kier molecular flexibility index (Phi) is 2.61. The molecule has 1 saturated heterocycles. The smallest absolute Gasteiger partial charge is 0.142 e. The fourth-order valence-electron chi connectivity index (χ4n) is 2.92. The van der Waals surface area contributed by atoms with Crippen LogP contribution in [0.15, 0.2) is 24.9 Å². The number of aromatic amines is 2. The van der Waals surface area contributed by atoms with Gasteiger partial charge in [-0.3, -0.25) is 5.10 Å². The number of aromatic nitrogens is 6. The summed E-state index contributed by atoms with van der Waals surface area (Å²) >= 11 is 0. The summed E-state index contributed by atoms with van der Waals surface area (Å²) in [5.41, 5.74) is 0.886. The third-order valence-corrected chi connectivity index (χ3v) is 3.87. The molecule has 20 heavy (non-hydrogen) atoms. The van der Waals surface area contributed by atoms with Crippen molar-refractivity contribution in [3.63, 3.8) is 0 Å². The quantitative estimate of drug-likeness (QED) is 0.735. The second kappa shape index (κ2) is 4.59. The summed E-state index contributed by atoms with van der Waals surface area (Å²) in [7, 11) is 0. The highest BCUT2D eigenvalue weighted by molar-refractivity contribution is 5.87. The summed E-state index contributed by atoms with van der Waals surface area (Å²) in [6.07, 6.45) is 7.35. The number of piperidine rings is 1. The van der Waals surface area contributed by atoms with Crippen LogP contribution in [0.1, 0.15) is 24.6 Å². The summed E-state index contributed by atoms with van der Waals surface area (Å²) in [6.45, 7) is 1.93. The molecule has 3 aromatic heterocycles. The van der Waals surface area contributed by atoms with Gasteiger partial charge >= 0.3 is 0 Å². The molecule has 0 aliphatic carbocycles. The highest BCUT2D eigenvalue weighted by Crippen LogP contribution is 2.30. The van der Waals surface area contributed by atoms with Crippen LogP contribution in [0, 0.1) is 0 Å². The van der Waals surface area contributed by atoms with Gasteiger partial charge in [0.05, 0.1) is 5.39 Å². The standard InChI is InChI=1S/C13H15N7/c1-2-9(11-16-8-18-19-11)6-20(5-1)13-10-3-4-14-12(10)15-7-17-13/h3-4,7-9H,1-2,5-6H2,(H,14,15,17)(H,16,18,19). The number of anilines is 1. The first-order valence-corrected chi connectivity index (χ1v) is 6.80. The lowest BCUT2D eigenvalue weighted by Crippen LogP contribution is -2.35. The summed E-state index contributed by atoms with van der Waals surface area (Å²) in [5.74, 6) is 2.35. The van der Waals surface area contributed by atoms with Gasteiger partial charge in [-0.25, -0.2) is 15.0 Å². The minimum atomic E-state index is 0.384. The van der Waals surface area contributed by atoms with E-state index in [0.717, 1.165) is 48.6 Å². The molecule has 1 atom stereocenters. The van der Waals surface area contributed by atoms with Crippen molar-refractivity contribution < 1.29 is 0 Å². The third-order valence-electron chi connectivity index (χ3n) is 3.87. The second-order valence-electron chi connectivity index (χ2n) is 5.09. The van der Waals surface area contributed by atoms with Gasteiger partial charge in [-0.2, -0.15) is 5.10 Å². The Hall–Kier alpha value is -2.44. The number of nitrogens with one attached hydrogen (secondary N) is 2. The van der Waals surface area contributed by atoms with E-state index in [1.54, 1.807) is 12.7 Å². The maximum absolute atomic E-state index is 4.47. The lowest BCUT2D eigenvalue weighted by Gasteiger charge is -2.32. The Bertz CT molecular complexity index is 702. The first-order valence-electron chi connectivity index (χ1n) is 6.80. The minimum absolute atomic E-state index is 0.384. The molecule has 1 unspecified atom stereocenters. The van der Waals surface area contributed by atoms with E-state index in [2.05, 4.69) is 35.0 Å². The van der Waals surface area contributed by atoms with E-state index in [0.29, 0.717) is 5.92 Å². The molecule has 4 rings (SSSR count). The fourth-order valence-corrected chi connectivity index (χ4v) is 2.92. The molecule has 0 amide bonds. The first kappa shape index (κ1) is 11.4. The van der Waals surface area contributed by atoms with Crippen LogP contribution in [-0.4, -0.2) is 43.2 Å². The predicted molar refractivity (Wildman–Crippen MR) is 74.5 cm³/mol. The van der Waals surface area contributed by atoms with E-state index in [9.17, 15) is 0 Å². The van der Waals surface area contributed by atoms with E-state index in [1.165, 1.54) is 0 Å². The van der Waals surface area contributed by atoms with E-state index in [1.807, 2.05) is 12.3 Å². The Labute approximate surface area is 115 Å². The van der Waals surface area contributed by atoms with Gasteiger partial charge in [-0.05, 0) is 18.9 Å². The number of rotatable bonds is 2. The molecule has 7 nitrogen and oxygen atoms in total. The molecule has 0 saturated carbocycles. The summed E-state index contributed by atoms with van der Waals surface area (Å²) in [6, 6.07) is 2.03. The molecule has 0 bridgehead atoms. The lowest BCUT2D eigenvalue weighted by atomic mass is 9.97. The van der Waals surface area contributed by atoms with Crippen molar-refractivity contribution in [2.45, 2.75) is 18.8 Å². The van der Waals surface area contributed by atoms with E-state index < -0.39 is 0 Å². The molecule has 7 heteroatoms. The SMILES string of the molecule is c1n[nH]c(C2CCCN(c3ncnc4[nH]ccc34)C2)n1. The molecule has 102 valence electrons. The van der Waals surface area contributed by atoms with Crippen molar-refractivity contribution in [3.05, 3.63) is 30.7 Å². The Morgan fingerprint density at radius 3 is 3.10 bits per heavy atom. The molecule has 2 N–H and O–H groups in total. The zero-order valence-electron chi connectivity index (χ0n) is 11.0. The number of H-pyrrole nitrogens is 2. The van der Waals surface area contributed by atoms with Gasteiger partial charge in [0.25, 0.3) is 0 Å². The molecule has 0 spiro atoms. The highest BCUT2D eigenvalue weighted by atomic mass is 15.2. The number of hydrogen-bond acceptors (Lipinski definition) is 5. The largest absolute Gasteiger partial charge is 0.355 e. The van der Waals surface area contributed by atoms with Crippen molar-refractivity contribution >= 4 is 16.9 Å². The van der Waals surface area contributed by atoms with Gasteiger partial charge in [-0.15, -0.1) is 0 Å². The van der Waals surface area contributed by atoms with Gasteiger partial charge in [-0.1, -0.05) is 0 Å². The maximum atomic E-state index is 4.47. The van der Waals surface area contributed by atoms with Crippen molar-refractivity contribution in [3.8, 4) is 0 Å². The fraction of sp³-hybridized carbons (Fsp3) is 0.385.